The molecule has 3 heterocycles. The summed E-state index contributed by atoms with van der Waals surface area (Å²) in [4.78, 5) is 6.92. The van der Waals surface area contributed by atoms with Gasteiger partial charge in [-0.1, -0.05) is 19.3 Å². The molecule has 1 aliphatic carbocycles. The molecule has 1 saturated heterocycles. The summed E-state index contributed by atoms with van der Waals surface area (Å²) in [6.45, 7) is 4.42. The van der Waals surface area contributed by atoms with E-state index in [1.807, 2.05) is 0 Å². The van der Waals surface area contributed by atoms with E-state index in [1.54, 1.807) is 16.9 Å². The largest absolute Gasteiger partial charge is 0.366 e. The van der Waals surface area contributed by atoms with Gasteiger partial charge in [0, 0.05) is 19.3 Å². The van der Waals surface area contributed by atoms with Gasteiger partial charge >= 0.3 is 0 Å². The molecular formula is C16H25N7. The maximum Gasteiger partial charge on any atom is 0.221 e. The molecule has 7 heteroatoms. The number of fused-ring (bicyclic) bond motifs is 1. The van der Waals surface area contributed by atoms with Crippen molar-refractivity contribution in [1.29, 1.82) is 0 Å². The predicted octanol–water partition coefficient (Wildman–Crippen LogP) is 1.98. The van der Waals surface area contributed by atoms with E-state index in [9.17, 15) is 0 Å². The summed E-state index contributed by atoms with van der Waals surface area (Å²) in [6, 6.07) is 0. The monoisotopic (exact) mass is 315 g/mol. The lowest BCUT2D eigenvalue weighted by Gasteiger charge is -2.44. The number of hydrogen-bond acceptors (Lipinski definition) is 6. The summed E-state index contributed by atoms with van der Waals surface area (Å²) in [5.41, 5.74) is 1.37. The summed E-state index contributed by atoms with van der Waals surface area (Å²) >= 11 is 0. The smallest absolute Gasteiger partial charge is 0.221 e. The average molecular weight is 315 g/mol. The van der Waals surface area contributed by atoms with Crippen molar-refractivity contribution >= 4 is 11.5 Å². The van der Waals surface area contributed by atoms with Crippen LogP contribution in [0.5, 0.6) is 0 Å². The van der Waals surface area contributed by atoms with E-state index in [0.717, 1.165) is 18.9 Å². The van der Waals surface area contributed by atoms with Crippen molar-refractivity contribution in [2.24, 2.45) is 5.41 Å². The van der Waals surface area contributed by atoms with Crippen LogP contribution in [0.25, 0.3) is 5.65 Å². The lowest BCUT2D eigenvalue weighted by atomic mass is 9.68. The third-order valence-corrected chi connectivity index (χ3v) is 5.67. The second-order valence-corrected chi connectivity index (χ2v) is 7.05. The van der Waals surface area contributed by atoms with E-state index in [4.69, 9.17) is 0 Å². The quantitative estimate of drug-likeness (QED) is 0.930. The molecule has 2 fully saturated rings. The first kappa shape index (κ1) is 14.8. The molecule has 1 saturated carbocycles. The lowest BCUT2D eigenvalue weighted by Crippen LogP contribution is -2.42. The number of aromatic nitrogens is 5. The number of hydrogen-bond donors (Lipinski definition) is 1. The van der Waals surface area contributed by atoms with E-state index in [-0.39, 0.29) is 0 Å². The number of nitrogens with one attached hydrogen (secondary N) is 1. The molecule has 124 valence electrons. The molecule has 0 unspecified atom stereocenters. The van der Waals surface area contributed by atoms with E-state index < -0.39 is 0 Å². The first-order valence-electron chi connectivity index (χ1n) is 8.84. The Bertz CT molecular complexity index is 637. The SMILES string of the molecule is c1cn2nnnc2c(NCCN2CCC3(CCCCC3)CC2)n1. The highest BCUT2D eigenvalue weighted by atomic mass is 15.5. The molecule has 0 amide bonds. The van der Waals surface area contributed by atoms with Crippen LogP contribution in [0.3, 0.4) is 0 Å². The van der Waals surface area contributed by atoms with Crippen molar-refractivity contribution < 1.29 is 0 Å². The Hall–Kier alpha value is -1.76. The van der Waals surface area contributed by atoms with E-state index in [1.165, 1.54) is 58.0 Å². The van der Waals surface area contributed by atoms with Gasteiger partial charge in [0.15, 0.2) is 5.82 Å². The van der Waals surface area contributed by atoms with Gasteiger partial charge in [0.2, 0.25) is 5.65 Å². The third kappa shape index (κ3) is 3.15. The number of piperidine rings is 1. The van der Waals surface area contributed by atoms with Crippen molar-refractivity contribution in [2.45, 2.75) is 44.9 Å². The summed E-state index contributed by atoms with van der Waals surface area (Å²) in [5.74, 6) is 0.762. The Labute approximate surface area is 136 Å². The van der Waals surface area contributed by atoms with Gasteiger partial charge in [-0.05, 0) is 54.6 Å². The number of likely N-dealkylation sites (tertiary alicyclic amines) is 1. The van der Waals surface area contributed by atoms with Gasteiger partial charge in [-0.25, -0.2) is 4.98 Å². The topological polar surface area (TPSA) is 71.2 Å². The molecule has 0 bridgehead atoms. The Morgan fingerprint density at radius 1 is 1.09 bits per heavy atom. The predicted molar refractivity (Wildman–Crippen MR) is 88.3 cm³/mol. The van der Waals surface area contributed by atoms with Crippen LogP contribution < -0.4 is 5.32 Å². The van der Waals surface area contributed by atoms with E-state index >= 15 is 0 Å². The van der Waals surface area contributed by atoms with Crippen molar-refractivity contribution in [1.82, 2.24) is 29.9 Å². The van der Waals surface area contributed by atoms with Gasteiger partial charge < -0.3 is 10.2 Å². The van der Waals surface area contributed by atoms with Gasteiger partial charge in [0.05, 0.1) is 6.20 Å². The second-order valence-electron chi connectivity index (χ2n) is 7.05. The van der Waals surface area contributed by atoms with Crippen LogP contribution in [-0.2, 0) is 0 Å². The van der Waals surface area contributed by atoms with Crippen molar-refractivity contribution in [3.05, 3.63) is 12.4 Å². The third-order valence-electron chi connectivity index (χ3n) is 5.67. The normalized spacial score (nSPS) is 21.7. The number of tetrazole rings is 1. The minimum absolute atomic E-state index is 0.683. The lowest BCUT2D eigenvalue weighted by molar-refractivity contribution is 0.0699. The Morgan fingerprint density at radius 2 is 1.91 bits per heavy atom. The fraction of sp³-hybridized carbons (Fsp3) is 0.750. The van der Waals surface area contributed by atoms with Crippen LogP contribution in [-0.4, -0.2) is 56.1 Å². The van der Waals surface area contributed by atoms with Crippen LogP contribution in [0.4, 0.5) is 5.82 Å². The van der Waals surface area contributed by atoms with E-state index in [2.05, 4.69) is 30.7 Å². The maximum atomic E-state index is 4.34. The fourth-order valence-corrected chi connectivity index (χ4v) is 4.19. The van der Waals surface area contributed by atoms with Crippen LogP contribution in [0.1, 0.15) is 44.9 Å². The Balaban J connectivity index is 1.27. The maximum absolute atomic E-state index is 4.34. The van der Waals surface area contributed by atoms with Crippen molar-refractivity contribution in [3.8, 4) is 0 Å². The molecule has 0 atom stereocenters. The summed E-state index contributed by atoms with van der Waals surface area (Å²) < 4.78 is 1.64. The molecule has 23 heavy (non-hydrogen) atoms. The standard InChI is InChI=1S/C16H25N7/c1-2-4-16(5-3-1)6-10-22(11-7-16)12-8-17-14-15-19-20-21-23(15)13-9-18-14/h9,13H,1-8,10-12H2,(H,17,18). The van der Waals surface area contributed by atoms with Gasteiger partial charge in [-0.2, -0.15) is 4.52 Å². The Morgan fingerprint density at radius 3 is 2.74 bits per heavy atom. The van der Waals surface area contributed by atoms with Gasteiger partial charge in [-0.3, -0.25) is 0 Å². The minimum atomic E-state index is 0.683. The second kappa shape index (κ2) is 6.39. The molecule has 1 aliphatic heterocycles. The zero-order valence-electron chi connectivity index (χ0n) is 13.6. The Kier molecular flexibility index (Phi) is 4.11. The molecule has 2 aromatic rings. The molecule has 0 aromatic carbocycles. The van der Waals surface area contributed by atoms with Crippen molar-refractivity contribution in [2.75, 3.05) is 31.5 Å². The summed E-state index contributed by atoms with van der Waals surface area (Å²) in [7, 11) is 0. The summed E-state index contributed by atoms with van der Waals surface area (Å²) in [6.07, 6.45) is 13.5. The number of nitrogens with zero attached hydrogens (tertiary/aromatic N) is 6. The fourth-order valence-electron chi connectivity index (χ4n) is 4.19. The van der Waals surface area contributed by atoms with Crippen LogP contribution in [0.15, 0.2) is 12.4 Å². The number of anilines is 1. The molecule has 4 rings (SSSR count). The first-order valence-corrected chi connectivity index (χ1v) is 8.84. The first-order chi connectivity index (χ1) is 11.3. The van der Waals surface area contributed by atoms with Gasteiger partial charge in [-0.15, -0.1) is 5.10 Å². The highest BCUT2D eigenvalue weighted by Gasteiger charge is 2.35. The molecule has 2 aliphatic rings. The van der Waals surface area contributed by atoms with Crippen LogP contribution >= 0.6 is 0 Å². The molecule has 0 radical (unpaired) electrons. The van der Waals surface area contributed by atoms with Crippen LogP contribution in [0, 0.1) is 5.41 Å². The zero-order valence-corrected chi connectivity index (χ0v) is 13.6. The number of rotatable bonds is 4. The molecule has 2 aromatic heterocycles. The summed E-state index contributed by atoms with van der Waals surface area (Å²) in [5, 5.41) is 15.0. The minimum Gasteiger partial charge on any atom is -0.366 e. The highest BCUT2D eigenvalue weighted by Crippen LogP contribution is 2.44. The molecule has 1 N–H and O–H groups in total. The molecule has 1 spiro atoms. The molecule has 7 nitrogen and oxygen atoms in total. The van der Waals surface area contributed by atoms with Crippen LogP contribution in [0.2, 0.25) is 0 Å². The van der Waals surface area contributed by atoms with Gasteiger partial charge in [0.1, 0.15) is 0 Å². The highest BCUT2D eigenvalue weighted by molar-refractivity contribution is 5.60. The van der Waals surface area contributed by atoms with Crippen molar-refractivity contribution in [3.63, 3.8) is 0 Å². The average Bonchev–Trinajstić information content (AvgIpc) is 3.07. The van der Waals surface area contributed by atoms with Gasteiger partial charge in [0.25, 0.3) is 0 Å². The molecular weight excluding hydrogens is 290 g/mol. The van der Waals surface area contributed by atoms with E-state index in [0.29, 0.717) is 11.1 Å². The zero-order chi connectivity index (χ0) is 15.5.